The molecular weight excluding hydrogens is 319 g/mol. The van der Waals surface area contributed by atoms with Gasteiger partial charge in [0, 0.05) is 36.8 Å². The lowest BCUT2D eigenvalue weighted by Gasteiger charge is -2.38. The van der Waals surface area contributed by atoms with E-state index in [0.29, 0.717) is 11.9 Å². The van der Waals surface area contributed by atoms with E-state index in [4.69, 9.17) is 4.74 Å². The molecule has 0 radical (unpaired) electrons. The molecule has 4 nitrogen and oxygen atoms in total. The third-order valence-electron chi connectivity index (χ3n) is 4.48. The van der Waals surface area contributed by atoms with Crippen molar-refractivity contribution in [2.24, 2.45) is 0 Å². The number of benzene rings is 2. The first kappa shape index (κ1) is 15.8. The second-order valence-electron chi connectivity index (χ2n) is 6.57. The molecule has 4 rings (SSSR count). The highest BCUT2D eigenvalue weighted by Gasteiger charge is 2.28. The highest BCUT2D eigenvalue weighted by atomic mass is 19.1. The van der Waals surface area contributed by atoms with Crippen molar-refractivity contribution in [3.05, 3.63) is 75.8 Å². The van der Waals surface area contributed by atoms with E-state index in [9.17, 15) is 9.18 Å². The zero-order valence-electron chi connectivity index (χ0n) is 14.0. The molecule has 2 aromatic carbocycles. The maximum Gasteiger partial charge on any atom is 0.189 e. The molecule has 2 heterocycles. The number of hydrogen-bond donors (Lipinski definition) is 1. The minimum atomic E-state index is -0.402. The number of H-pyrrole nitrogens is 1. The molecule has 0 amide bonds. The van der Waals surface area contributed by atoms with Crippen molar-refractivity contribution in [1.29, 1.82) is 0 Å². The molecule has 1 aromatic heterocycles. The molecule has 0 saturated carbocycles. The normalized spacial score (nSPS) is 15.3. The first-order valence-electron chi connectivity index (χ1n) is 8.34. The Hall–Kier alpha value is -2.66. The fourth-order valence-electron chi connectivity index (χ4n) is 3.22. The molecule has 5 heteroatoms. The van der Waals surface area contributed by atoms with E-state index in [1.807, 2.05) is 31.2 Å². The summed E-state index contributed by atoms with van der Waals surface area (Å²) in [4.78, 5) is 17.4. The molecular formula is C20H19FN2O2. The number of likely N-dealkylation sites (tertiary alicyclic amines) is 1. The van der Waals surface area contributed by atoms with E-state index < -0.39 is 5.82 Å². The number of hydrogen-bond acceptors (Lipinski definition) is 3. The number of pyridine rings is 1. The SMILES string of the molecule is Cc1cccc(OC2CN(Cc3cc(=O)c4cccc(F)c4[nH]3)C2)c1. The Morgan fingerprint density at radius 2 is 2.00 bits per heavy atom. The van der Waals surface area contributed by atoms with Crippen LogP contribution in [-0.4, -0.2) is 29.1 Å². The van der Waals surface area contributed by atoms with E-state index in [0.717, 1.165) is 24.5 Å². The van der Waals surface area contributed by atoms with Crippen LogP contribution in [0, 0.1) is 12.7 Å². The molecule has 0 atom stereocenters. The number of aromatic amines is 1. The van der Waals surface area contributed by atoms with Gasteiger partial charge in [-0.15, -0.1) is 0 Å². The van der Waals surface area contributed by atoms with Gasteiger partial charge in [-0.1, -0.05) is 18.2 Å². The van der Waals surface area contributed by atoms with Crippen LogP contribution in [0.3, 0.4) is 0 Å². The van der Waals surface area contributed by atoms with Crippen molar-refractivity contribution in [2.45, 2.75) is 19.6 Å². The Morgan fingerprint density at radius 1 is 1.20 bits per heavy atom. The highest BCUT2D eigenvalue weighted by Crippen LogP contribution is 2.21. The fourth-order valence-corrected chi connectivity index (χ4v) is 3.22. The Labute approximate surface area is 144 Å². The van der Waals surface area contributed by atoms with Crippen molar-refractivity contribution in [3.8, 4) is 5.75 Å². The van der Waals surface area contributed by atoms with Gasteiger partial charge in [-0.05, 0) is 36.8 Å². The predicted molar refractivity (Wildman–Crippen MR) is 95.4 cm³/mol. The number of para-hydroxylation sites is 1. The molecule has 128 valence electrons. The number of fused-ring (bicyclic) bond motifs is 1. The number of aromatic nitrogens is 1. The smallest absolute Gasteiger partial charge is 0.189 e. The first-order chi connectivity index (χ1) is 12.1. The Balaban J connectivity index is 1.42. The number of nitrogens with zero attached hydrogens (tertiary/aromatic N) is 1. The molecule has 1 aliphatic heterocycles. The zero-order valence-corrected chi connectivity index (χ0v) is 14.0. The van der Waals surface area contributed by atoms with Gasteiger partial charge in [-0.3, -0.25) is 9.69 Å². The quantitative estimate of drug-likeness (QED) is 0.794. The van der Waals surface area contributed by atoms with Gasteiger partial charge in [0.05, 0.1) is 5.52 Å². The standard InChI is InChI=1S/C20H19FN2O2/c1-13-4-2-5-15(8-13)25-16-11-23(12-16)10-14-9-19(24)17-6-3-7-18(21)20(17)22-14/h2-9,16H,10-12H2,1H3,(H,22,24). The zero-order chi connectivity index (χ0) is 17.4. The van der Waals surface area contributed by atoms with Crippen molar-refractivity contribution in [1.82, 2.24) is 9.88 Å². The number of halogens is 1. The Morgan fingerprint density at radius 3 is 2.80 bits per heavy atom. The van der Waals surface area contributed by atoms with E-state index in [2.05, 4.69) is 9.88 Å². The lowest BCUT2D eigenvalue weighted by molar-refractivity contribution is 0.0138. The molecule has 1 aliphatic rings. The number of nitrogens with one attached hydrogen (secondary N) is 1. The van der Waals surface area contributed by atoms with E-state index in [1.165, 1.54) is 11.6 Å². The van der Waals surface area contributed by atoms with Crippen molar-refractivity contribution in [3.63, 3.8) is 0 Å². The summed E-state index contributed by atoms with van der Waals surface area (Å²) in [6.07, 6.45) is 0.144. The number of rotatable bonds is 4. The number of ether oxygens (including phenoxy) is 1. The van der Waals surface area contributed by atoms with Gasteiger partial charge in [-0.2, -0.15) is 0 Å². The summed E-state index contributed by atoms with van der Waals surface area (Å²) in [5, 5.41) is 0.382. The first-order valence-corrected chi connectivity index (χ1v) is 8.34. The highest BCUT2D eigenvalue weighted by molar-refractivity contribution is 5.78. The lowest BCUT2D eigenvalue weighted by Crippen LogP contribution is -2.53. The summed E-state index contributed by atoms with van der Waals surface area (Å²) in [5.41, 5.74) is 2.01. The van der Waals surface area contributed by atoms with Gasteiger partial charge in [0.25, 0.3) is 0 Å². The molecule has 1 N–H and O–H groups in total. The van der Waals surface area contributed by atoms with E-state index in [1.54, 1.807) is 18.2 Å². The summed E-state index contributed by atoms with van der Waals surface area (Å²) in [5.74, 6) is 0.478. The van der Waals surface area contributed by atoms with E-state index in [-0.39, 0.29) is 17.0 Å². The van der Waals surface area contributed by atoms with Gasteiger partial charge >= 0.3 is 0 Å². The Kier molecular flexibility index (Phi) is 4.01. The third-order valence-corrected chi connectivity index (χ3v) is 4.48. The summed E-state index contributed by atoms with van der Waals surface area (Å²) in [7, 11) is 0. The monoisotopic (exact) mass is 338 g/mol. The molecule has 25 heavy (non-hydrogen) atoms. The molecule has 0 aliphatic carbocycles. The molecule has 1 saturated heterocycles. The second-order valence-corrected chi connectivity index (χ2v) is 6.57. The van der Waals surface area contributed by atoms with Gasteiger partial charge in [-0.25, -0.2) is 4.39 Å². The summed E-state index contributed by atoms with van der Waals surface area (Å²) in [6.45, 7) is 4.18. The molecule has 0 unspecified atom stereocenters. The van der Waals surface area contributed by atoms with Crippen LogP contribution < -0.4 is 10.2 Å². The van der Waals surface area contributed by atoms with Gasteiger partial charge in [0.15, 0.2) is 5.43 Å². The van der Waals surface area contributed by atoms with Crippen LogP contribution in [0.4, 0.5) is 4.39 Å². The van der Waals surface area contributed by atoms with Crippen molar-refractivity contribution in [2.75, 3.05) is 13.1 Å². The predicted octanol–water partition coefficient (Wildman–Crippen LogP) is 3.24. The van der Waals surface area contributed by atoms with Gasteiger partial charge in [0.1, 0.15) is 17.7 Å². The summed E-state index contributed by atoms with van der Waals surface area (Å²) >= 11 is 0. The molecule has 0 spiro atoms. The minimum Gasteiger partial charge on any atom is -0.488 e. The average molecular weight is 338 g/mol. The average Bonchev–Trinajstić information content (AvgIpc) is 2.54. The summed E-state index contributed by atoms with van der Waals surface area (Å²) < 4.78 is 19.9. The Bertz CT molecular complexity index is 977. The molecule has 1 fully saturated rings. The van der Waals surface area contributed by atoms with Crippen LogP contribution in [0.25, 0.3) is 10.9 Å². The second kappa shape index (κ2) is 6.33. The largest absolute Gasteiger partial charge is 0.488 e. The van der Waals surface area contributed by atoms with Crippen molar-refractivity contribution >= 4 is 10.9 Å². The fraction of sp³-hybridized carbons (Fsp3) is 0.250. The van der Waals surface area contributed by atoms with Crippen molar-refractivity contribution < 1.29 is 9.13 Å². The van der Waals surface area contributed by atoms with Gasteiger partial charge in [0.2, 0.25) is 0 Å². The topological polar surface area (TPSA) is 45.3 Å². The van der Waals surface area contributed by atoms with Crippen LogP contribution >= 0.6 is 0 Å². The van der Waals surface area contributed by atoms with Crippen LogP contribution in [0.5, 0.6) is 5.75 Å². The number of aryl methyl sites for hydroxylation is 1. The molecule has 0 bridgehead atoms. The maximum absolute atomic E-state index is 13.9. The van der Waals surface area contributed by atoms with Crippen LogP contribution in [0.1, 0.15) is 11.3 Å². The van der Waals surface area contributed by atoms with Crippen LogP contribution in [0.15, 0.2) is 53.3 Å². The lowest BCUT2D eigenvalue weighted by atomic mass is 10.1. The summed E-state index contributed by atoms with van der Waals surface area (Å²) in [6, 6.07) is 14.1. The minimum absolute atomic E-state index is 0.144. The third kappa shape index (κ3) is 3.28. The maximum atomic E-state index is 13.9. The van der Waals surface area contributed by atoms with Crippen LogP contribution in [0.2, 0.25) is 0 Å². The van der Waals surface area contributed by atoms with Gasteiger partial charge < -0.3 is 9.72 Å². The molecule has 3 aromatic rings. The van der Waals surface area contributed by atoms with Crippen LogP contribution in [-0.2, 0) is 6.54 Å². The van der Waals surface area contributed by atoms with E-state index >= 15 is 0 Å².